The Morgan fingerprint density at radius 3 is 2.26 bits per heavy atom. The maximum absolute atomic E-state index is 12.8. The van der Waals surface area contributed by atoms with Crippen LogP contribution in [-0.2, 0) is 21.5 Å². The maximum Gasteiger partial charge on any atom is 0.410 e. The zero-order chi connectivity index (χ0) is 25.1. The molecule has 34 heavy (non-hydrogen) atoms. The summed E-state index contributed by atoms with van der Waals surface area (Å²) < 4.78 is 35.8. The lowest BCUT2D eigenvalue weighted by molar-refractivity contribution is 0.0169. The van der Waals surface area contributed by atoms with Crippen LogP contribution in [0.1, 0.15) is 53.0 Å². The summed E-state index contributed by atoms with van der Waals surface area (Å²) in [6, 6.07) is 10.6. The van der Waals surface area contributed by atoms with Crippen LogP contribution >= 0.6 is 11.6 Å². The van der Waals surface area contributed by atoms with Crippen molar-refractivity contribution in [1.82, 2.24) is 9.88 Å². The topological polar surface area (TPSA) is 92.2 Å². The molecule has 1 amide bonds. The van der Waals surface area contributed by atoms with E-state index in [1.54, 1.807) is 29.2 Å². The Kier molecular flexibility index (Phi) is 8.10. The highest BCUT2D eigenvalue weighted by molar-refractivity contribution is 7.80. The molecule has 1 aromatic carbocycles. The van der Waals surface area contributed by atoms with Crippen LogP contribution in [0.5, 0.6) is 5.88 Å². The van der Waals surface area contributed by atoms with Crippen molar-refractivity contribution in [2.75, 3.05) is 17.4 Å². The van der Waals surface area contributed by atoms with Crippen molar-refractivity contribution in [3.8, 4) is 5.88 Å². The Labute approximate surface area is 208 Å². The molecule has 1 N–H and O–H groups in total. The van der Waals surface area contributed by atoms with E-state index in [0.717, 1.165) is 5.56 Å². The first-order chi connectivity index (χ1) is 15.9. The average Bonchev–Trinajstić information content (AvgIpc) is 2.74. The first-order valence-corrected chi connectivity index (χ1v) is 12.6. The molecule has 8 nitrogen and oxygen atoms in total. The molecule has 1 aromatic heterocycles. The fraction of sp³-hybridized carbons (Fsp3) is 0.500. The zero-order valence-corrected chi connectivity index (χ0v) is 21.7. The first kappa shape index (κ1) is 26.2. The number of likely N-dealkylation sites (tertiary alicyclic amines) is 1. The molecule has 0 bridgehead atoms. The number of aromatic nitrogens is 1. The predicted octanol–water partition coefficient (Wildman–Crippen LogP) is 5.39. The standard InChI is InChI=1S/C24H32ClN3O5S/c1-17(2)32-21-11-10-20(16-26-21)28(34(30)31)24(18-6-8-19(25)9-7-18)12-14-27(15-13-24)22(29)33-23(3,4)5/h6-11,16-17H,12-15H2,1-5H3,(H,30,31). The molecule has 0 spiro atoms. The Morgan fingerprint density at radius 2 is 1.79 bits per heavy atom. The summed E-state index contributed by atoms with van der Waals surface area (Å²) in [5, 5.41) is 0.568. The molecule has 2 aromatic rings. The van der Waals surface area contributed by atoms with Gasteiger partial charge in [0.05, 0.1) is 23.5 Å². The number of benzene rings is 1. The van der Waals surface area contributed by atoms with E-state index in [-0.39, 0.29) is 6.10 Å². The van der Waals surface area contributed by atoms with E-state index in [4.69, 9.17) is 21.1 Å². The molecule has 0 radical (unpaired) electrons. The quantitative estimate of drug-likeness (QED) is 0.525. The van der Waals surface area contributed by atoms with Crippen molar-refractivity contribution in [3.63, 3.8) is 0 Å². The predicted molar refractivity (Wildman–Crippen MR) is 133 cm³/mol. The molecule has 2 heterocycles. The summed E-state index contributed by atoms with van der Waals surface area (Å²) in [4.78, 5) is 18.6. The van der Waals surface area contributed by atoms with E-state index in [9.17, 15) is 13.6 Å². The third kappa shape index (κ3) is 6.20. The van der Waals surface area contributed by atoms with E-state index in [0.29, 0.717) is 42.5 Å². The highest BCUT2D eigenvalue weighted by Gasteiger charge is 2.46. The number of ether oxygens (including phenoxy) is 2. The number of anilines is 1. The number of piperidine rings is 1. The van der Waals surface area contributed by atoms with E-state index >= 15 is 0 Å². The second-order valence-electron chi connectivity index (χ2n) is 9.55. The third-order valence-electron chi connectivity index (χ3n) is 5.48. The third-order valence-corrected chi connectivity index (χ3v) is 6.61. The highest BCUT2D eigenvalue weighted by Crippen LogP contribution is 2.43. The van der Waals surface area contributed by atoms with Gasteiger partial charge in [-0.25, -0.2) is 14.0 Å². The van der Waals surface area contributed by atoms with Crippen molar-refractivity contribution >= 4 is 34.6 Å². The van der Waals surface area contributed by atoms with Crippen molar-refractivity contribution in [3.05, 3.63) is 53.2 Å². The average molecular weight is 510 g/mol. The molecule has 3 rings (SSSR count). The molecule has 0 saturated carbocycles. The first-order valence-electron chi connectivity index (χ1n) is 11.2. The number of nitrogens with zero attached hydrogens (tertiary/aromatic N) is 3. The molecular formula is C24H32ClN3O5S. The number of carbonyl (C=O) groups excluding carboxylic acids is 1. The van der Waals surface area contributed by atoms with Gasteiger partial charge in [-0.3, -0.25) is 8.86 Å². The van der Waals surface area contributed by atoms with E-state index < -0.39 is 28.5 Å². The lowest BCUT2D eigenvalue weighted by atomic mass is 9.80. The molecule has 186 valence electrons. The van der Waals surface area contributed by atoms with Crippen molar-refractivity contribution in [2.24, 2.45) is 0 Å². The second kappa shape index (κ2) is 10.5. The summed E-state index contributed by atoms with van der Waals surface area (Å²) in [5.41, 5.74) is -0.181. The van der Waals surface area contributed by atoms with Gasteiger partial charge in [-0.1, -0.05) is 23.7 Å². The van der Waals surface area contributed by atoms with Gasteiger partial charge in [0, 0.05) is 24.2 Å². The summed E-state index contributed by atoms with van der Waals surface area (Å²) in [5.74, 6) is 0.433. The van der Waals surface area contributed by atoms with E-state index in [1.807, 2.05) is 46.8 Å². The van der Waals surface area contributed by atoms with Gasteiger partial charge in [-0.2, -0.15) is 0 Å². The smallest absolute Gasteiger partial charge is 0.410 e. The Balaban J connectivity index is 1.97. The number of hydrogen-bond acceptors (Lipinski definition) is 5. The largest absolute Gasteiger partial charge is 0.475 e. The normalized spacial score (nSPS) is 16.8. The molecular weight excluding hydrogens is 478 g/mol. The van der Waals surface area contributed by atoms with Crippen molar-refractivity contribution in [2.45, 2.75) is 64.7 Å². The van der Waals surface area contributed by atoms with Gasteiger partial charge in [0.1, 0.15) is 5.60 Å². The molecule has 1 aliphatic rings. The fourth-order valence-electron chi connectivity index (χ4n) is 4.05. The van der Waals surface area contributed by atoms with Gasteiger partial charge >= 0.3 is 6.09 Å². The number of rotatable bonds is 6. The molecule has 0 aliphatic carbocycles. The minimum absolute atomic E-state index is 0.0426. The number of halogens is 1. The minimum Gasteiger partial charge on any atom is -0.475 e. The van der Waals surface area contributed by atoms with Crippen LogP contribution in [0.3, 0.4) is 0 Å². The van der Waals surface area contributed by atoms with Crippen molar-refractivity contribution in [1.29, 1.82) is 0 Å². The van der Waals surface area contributed by atoms with Crippen LogP contribution < -0.4 is 9.04 Å². The van der Waals surface area contributed by atoms with E-state index in [2.05, 4.69) is 4.98 Å². The monoisotopic (exact) mass is 509 g/mol. The van der Waals surface area contributed by atoms with Crippen LogP contribution in [0, 0.1) is 0 Å². The lowest BCUT2D eigenvalue weighted by Gasteiger charge is -2.48. The van der Waals surface area contributed by atoms with Crippen LogP contribution in [0.2, 0.25) is 5.02 Å². The van der Waals surface area contributed by atoms with Gasteiger partial charge in [0.2, 0.25) is 5.88 Å². The molecule has 1 unspecified atom stereocenters. The Bertz CT molecular complexity index is 1000. The Morgan fingerprint density at radius 1 is 1.18 bits per heavy atom. The van der Waals surface area contributed by atoms with Crippen molar-refractivity contribution < 1.29 is 23.0 Å². The summed E-state index contributed by atoms with van der Waals surface area (Å²) in [7, 11) is 0. The van der Waals surface area contributed by atoms with Gasteiger partial charge in [-0.15, -0.1) is 0 Å². The zero-order valence-electron chi connectivity index (χ0n) is 20.2. The highest BCUT2D eigenvalue weighted by atomic mass is 35.5. The summed E-state index contributed by atoms with van der Waals surface area (Å²) in [6.07, 6.45) is 1.91. The molecule has 1 atom stereocenters. The molecule has 1 saturated heterocycles. The maximum atomic E-state index is 12.8. The van der Waals surface area contributed by atoms with E-state index in [1.165, 1.54) is 10.5 Å². The van der Waals surface area contributed by atoms with Crippen LogP contribution in [0.4, 0.5) is 10.5 Å². The summed E-state index contributed by atoms with van der Waals surface area (Å²) >= 11 is 3.76. The van der Waals surface area contributed by atoms with Gasteiger partial charge in [0.25, 0.3) is 11.3 Å². The van der Waals surface area contributed by atoms with Crippen LogP contribution in [0.25, 0.3) is 0 Å². The van der Waals surface area contributed by atoms with Gasteiger partial charge in [0.15, 0.2) is 0 Å². The molecule has 1 fully saturated rings. The number of hydrogen-bond donors (Lipinski definition) is 1. The minimum atomic E-state index is -2.37. The molecule has 1 aliphatic heterocycles. The molecule has 10 heteroatoms. The summed E-state index contributed by atoms with van der Waals surface area (Å²) in [6.45, 7) is 9.98. The van der Waals surface area contributed by atoms with Gasteiger partial charge in [-0.05, 0) is 71.2 Å². The lowest BCUT2D eigenvalue weighted by Crippen LogP contribution is -2.55. The number of carbonyl (C=O) groups is 1. The van der Waals surface area contributed by atoms with Crippen LogP contribution in [-0.4, -0.2) is 49.5 Å². The SMILES string of the molecule is CC(C)Oc1ccc(N(S(=O)O)C2(c3ccc(Cl)cc3)CCN(C(=O)OC(C)(C)C)CC2)cn1. The van der Waals surface area contributed by atoms with Crippen LogP contribution in [0.15, 0.2) is 42.6 Å². The fourth-order valence-corrected chi connectivity index (χ4v) is 5.05. The Hall–Kier alpha value is -2.36. The van der Waals surface area contributed by atoms with Gasteiger partial charge < -0.3 is 14.4 Å². The number of amides is 1. The second-order valence-corrected chi connectivity index (χ2v) is 10.8. The number of pyridine rings is 1.